The normalized spacial score (nSPS) is 15.7. The molecule has 0 aromatic rings. The Kier molecular flexibility index (Phi) is 3.85. The number of hydrogen-bond acceptors (Lipinski definition) is 2. The third-order valence-corrected chi connectivity index (χ3v) is 7.18. The molecule has 0 bridgehead atoms. The van der Waals surface area contributed by atoms with E-state index in [0.29, 0.717) is 0 Å². The third kappa shape index (κ3) is 3.28. The van der Waals surface area contributed by atoms with Crippen LogP contribution in [0.1, 0.15) is 13.3 Å². The van der Waals surface area contributed by atoms with E-state index in [1.165, 1.54) is 12.5 Å². The molecule has 0 saturated carbocycles. The Morgan fingerprint density at radius 1 is 1.56 bits per heavy atom. The van der Waals surface area contributed by atoms with E-state index in [2.05, 4.69) is 32.6 Å². The first-order valence-corrected chi connectivity index (χ1v) is 7.24. The topological polar surface area (TPSA) is 26.0 Å². The lowest BCUT2D eigenvalue weighted by atomic mass is 10.6. The van der Waals surface area contributed by atoms with Crippen LogP contribution in [0.5, 0.6) is 0 Å². The Morgan fingerprint density at radius 2 is 2.00 bits per heavy atom. The Bertz CT molecular complexity index is 83.1. The lowest BCUT2D eigenvalue weighted by Gasteiger charge is -2.24. The van der Waals surface area contributed by atoms with E-state index in [0.717, 1.165) is 0 Å². The molecule has 1 nitrogen and oxygen atoms in total. The van der Waals surface area contributed by atoms with Crippen LogP contribution in [-0.4, -0.2) is 13.1 Å². The highest BCUT2D eigenvalue weighted by molar-refractivity contribution is 7.83. The molecule has 1 unspecified atom stereocenters. The molecule has 9 heavy (non-hydrogen) atoms. The fourth-order valence-electron chi connectivity index (χ4n) is 0.792. The molecule has 0 radical (unpaired) electrons. The Hall–Kier alpha value is 0.527. The van der Waals surface area contributed by atoms with Gasteiger partial charge in [0.1, 0.15) is 0 Å². The van der Waals surface area contributed by atoms with Crippen molar-refractivity contribution in [3.63, 3.8) is 0 Å². The molecule has 2 N–H and O–H groups in total. The predicted octanol–water partition coefficient (Wildman–Crippen LogP) is 1.86. The van der Waals surface area contributed by atoms with Crippen LogP contribution in [0.2, 0.25) is 19.1 Å². The fraction of sp³-hybridized carbons (Fsp3) is 1.00. The maximum absolute atomic E-state index is 5.68. The van der Waals surface area contributed by atoms with Gasteiger partial charge in [-0.1, -0.05) is 32.5 Å². The molecule has 0 heterocycles. The van der Waals surface area contributed by atoms with Crippen LogP contribution in [-0.2, 0) is 0 Å². The molecular formula is C6H17NSSi. The van der Waals surface area contributed by atoms with Gasteiger partial charge >= 0.3 is 0 Å². The van der Waals surface area contributed by atoms with Crippen LogP contribution in [0.15, 0.2) is 0 Å². The summed E-state index contributed by atoms with van der Waals surface area (Å²) in [5.74, 6) is 0. The molecule has 0 aliphatic carbocycles. The van der Waals surface area contributed by atoms with Crippen molar-refractivity contribution in [3.8, 4) is 0 Å². The third-order valence-electron chi connectivity index (χ3n) is 1.70. The van der Waals surface area contributed by atoms with E-state index in [1.54, 1.807) is 0 Å². The molecule has 3 heteroatoms. The van der Waals surface area contributed by atoms with Gasteiger partial charge in [0.05, 0.1) is 8.07 Å². The molecule has 0 aromatic carbocycles. The molecule has 1 atom stereocenters. The largest absolute Gasteiger partial charge is 0.322 e. The maximum Gasteiger partial charge on any atom is 0.0787 e. The van der Waals surface area contributed by atoms with Crippen molar-refractivity contribution >= 4 is 20.7 Å². The predicted molar refractivity (Wildman–Crippen MR) is 49.5 cm³/mol. The van der Waals surface area contributed by atoms with Crippen molar-refractivity contribution in [2.45, 2.75) is 37.5 Å². The van der Waals surface area contributed by atoms with Gasteiger partial charge in [-0.15, -0.1) is 0 Å². The summed E-state index contributed by atoms with van der Waals surface area (Å²) >= 11 is 4.25. The van der Waals surface area contributed by atoms with Crippen molar-refractivity contribution < 1.29 is 0 Å². The summed E-state index contributed by atoms with van der Waals surface area (Å²) in [5.41, 5.74) is 5.68. The van der Waals surface area contributed by atoms with Gasteiger partial charge in [-0.2, -0.15) is 12.6 Å². The first kappa shape index (κ1) is 9.53. The Labute approximate surface area is 64.4 Å². The van der Waals surface area contributed by atoms with Crippen LogP contribution < -0.4 is 5.73 Å². The zero-order valence-corrected chi connectivity index (χ0v) is 8.41. The molecule has 0 rings (SSSR count). The Morgan fingerprint density at radius 3 is 2.11 bits per heavy atom. The minimum Gasteiger partial charge on any atom is -0.322 e. The van der Waals surface area contributed by atoms with Crippen LogP contribution in [0, 0.1) is 0 Å². The smallest absolute Gasteiger partial charge is 0.0787 e. The zero-order valence-electron chi connectivity index (χ0n) is 6.52. The van der Waals surface area contributed by atoms with Crippen molar-refractivity contribution in [2.75, 3.05) is 0 Å². The van der Waals surface area contributed by atoms with Crippen molar-refractivity contribution in [2.24, 2.45) is 5.73 Å². The van der Waals surface area contributed by atoms with E-state index in [-0.39, 0.29) is 5.00 Å². The van der Waals surface area contributed by atoms with Gasteiger partial charge in [0.25, 0.3) is 0 Å². The summed E-state index contributed by atoms with van der Waals surface area (Å²) < 4.78 is 0. The van der Waals surface area contributed by atoms with Crippen LogP contribution in [0.4, 0.5) is 0 Å². The average molecular weight is 163 g/mol. The zero-order chi connectivity index (χ0) is 7.49. The molecule has 0 aromatic heterocycles. The number of hydrogen-bond donors (Lipinski definition) is 2. The van der Waals surface area contributed by atoms with E-state index in [9.17, 15) is 0 Å². The minimum atomic E-state index is -1.14. The van der Waals surface area contributed by atoms with E-state index < -0.39 is 8.07 Å². The molecule has 56 valence electrons. The highest BCUT2D eigenvalue weighted by Crippen LogP contribution is 2.16. The first-order chi connectivity index (χ1) is 4.00. The lowest BCUT2D eigenvalue weighted by molar-refractivity contribution is 1.02. The summed E-state index contributed by atoms with van der Waals surface area (Å²) in [6.45, 7) is 6.77. The van der Waals surface area contributed by atoms with Crippen LogP contribution in [0.3, 0.4) is 0 Å². The number of thiol groups is 1. The number of rotatable bonds is 3. The van der Waals surface area contributed by atoms with E-state index >= 15 is 0 Å². The number of nitrogens with two attached hydrogens (primary N) is 1. The molecular weight excluding hydrogens is 146 g/mol. The second-order valence-corrected chi connectivity index (χ2v) is 9.32. The van der Waals surface area contributed by atoms with Gasteiger partial charge in [0.2, 0.25) is 0 Å². The maximum atomic E-state index is 5.68. The summed E-state index contributed by atoms with van der Waals surface area (Å²) in [5, 5.41) is 0. The van der Waals surface area contributed by atoms with Gasteiger partial charge in [-0.05, 0) is 0 Å². The van der Waals surface area contributed by atoms with Crippen molar-refractivity contribution in [1.29, 1.82) is 0 Å². The van der Waals surface area contributed by atoms with Crippen LogP contribution in [0.25, 0.3) is 0 Å². The lowest BCUT2D eigenvalue weighted by Crippen LogP contribution is -2.43. The van der Waals surface area contributed by atoms with Crippen molar-refractivity contribution in [1.82, 2.24) is 0 Å². The summed E-state index contributed by atoms with van der Waals surface area (Å²) in [6.07, 6.45) is 1.24. The molecule has 0 fully saturated rings. The van der Waals surface area contributed by atoms with Gasteiger partial charge < -0.3 is 5.73 Å². The highest BCUT2D eigenvalue weighted by Gasteiger charge is 2.24. The van der Waals surface area contributed by atoms with Gasteiger partial charge in [0.15, 0.2) is 0 Å². The highest BCUT2D eigenvalue weighted by atomic mass is 32.1. The van der Waals surface area contributed by atoms with Gasteiger partial charge in [-0.3, -0.25) is 0 Å². The van der Waals surface area contributed by atoms with Crippen molar-refractivity contribution in [3.05, 3.63) is 0 Å². The SMILES string of the molecule is CCC[Si](C)(C)C(N)S. The monoisotopic (exact) mass is 163 g/mol. The van der Waals surface area contributed by atoms with Crippen LogP contribution >= 0.6 is 12.6 Å². The fourth-order valence-corrected chi connectivity index (χ4v) is 2.76. The first-order valence-electron chi connectivity index (χ1n) is 3.44. The average Bonchev–Trinajstić information content (AvgIpc) is 1.65. The quantitative estimate of drug-likeness (QED) is 0.371. The molecule has 0 saturated heterocycles. The molecule has 0 aliphatic rings. The van der Waals surface area contributed by atoms with E-state index in [1.807, 2.05) is 0 Å². The summed E-state index contributed by atoms with van der Waals surface area (Å²) in [6, 6.07) is 1.29. The molecule has 0 amide bonds. The van der Waals surface area contributed by atoms with Gasteiger partial charge in [-0.25, -0.2) is 0 Å². The summed E-state index contributed by atoms with van der Waals surface area (Å²) in [7, 11) is -1.14. The second kappa shape index (κ2) is 3.64. The molecule has 0 aliphatic heterocycles. The van der Waals surface area contributed by atoms with Gasteiger partial charge in [0, 0.05) is 5.00 Å². The minimum absolute atomic E-state index is 0.150. The standard InChI is InChI=1S/C6H17NSSi/c1-4-5-9(2,3)6(7)8/h6,8H,4-5,7H2,1-3H3. The summed E-state index contributed by atoms with van der Waals surface area (Å²) in [4.78, 5) is 0.150. The second-order valence-electron chi connectivity index (χ2n) is 3.18. The Balaban J connectivity index is 3.70. The van der Waals surface area contributed by atoms with E-state index in [4.69, 9.17) is 5.73 Å². The molecule has 0 spiro atoms.